The monoisotopic (exact) mass is 181 g/mol. The van der Waals surface area contributed by atoms with Gasteiger partial charge in [-0.2, -0.15) is 0 Å². The molecule has 0 saturated heterocycles. The van der Waals surface area contributed by atoms with E-state index in [4.69, 9.17) is 0 Å². The van der Waals surface area contributed by atoms with Crippen molar-refractivity contribution in [2.75, 3.05) is 0 Å². The van der Waals surface area contributed by atoms with Crippen LogP contribution in [0.4, 0.5) is 0 Å². The molecule has 0 aromatic heterocycles. The fourth-order valence-electron chi connectivity index (χ4n) is 2.64. The van der Waals surface area contributed by atoms with Gasteiger partial charge >= 0.3 is 0 Å². The summed E-state index contributed by atoms with van der Waals surface area (Å²) in [6.07, 6.45) is 9.50. The summed E-state index contributed by atoms with van der Waals surface area (Å²) in [6.45, 7) is 9.55. The van der Waals surface area contributed by atoms with E-state index in [0.717, 1.165) is 11.8 Å². The first-order chi connectivity index (χ1) is 6.06. The van der Waals surface area contributed by atoms with Crippen molar-refractivity contribution in [1.82, 2.24) is 0 Å². The van der Waals surface area contributed by atoms with E-state index in [2.05, 4.69) is 34.1 Å². The molecule has 13 heavy (non-hydrogen) atoms. The molecule has 1 aliphatic carbocycles. The number of hydrogen-bond acceptors (Lipinski definition) is 0. The van der Waals surface area contributed by atoms with Crippen molar-refractivity contribution < 1.29 is 0 Å². The molecule has 0 heterocycles. The Balaban J connectivity index is 2.42. The van der Waals surface area contributed by atoms with Gasteiger partial charge in [-0.25, -0.2) is 0 Å². The molecule has 1 radical (unpaired) electrons. The quantitative estimate of drug-likeness (QED) is 0.603. The van der Waals surface area contributed by atoms with Gasteiger partial charge in [-0.05, 0) is 42.9 Å². The highest BCUT2D eigenvalue weighted by molar-refractivity contribution is 4.92. The second kappa shape index (κ2) is 4.48. The van der Waals surface area contributed by atoms with Crippen LogP contribution < -0.4 is 0 Å². The molecule has 0 aliphatic heterocycles. The highest BCUT2D eigenvalue weighted by Gasteiger charge is 2.31. The zero-order valence-electron chi connectivity index (χ0n) is 9.77. The summed E-state index contributed by atoms with van der Waals surface area (Å²) >= 11 is 0. The fourth-order valence-corrected chi connectivity index (χ4v) is 2.64. The second-order valence-corrected chi connectivity index (χ2v) is 5.50. The van der Waals surface area contributed by atoms with Gasteiger partial charge in [0.1, 0.15) is 0 Å². The van der Waals surface area contributed by atoms with Gasteiger partial charge in [0.05, 0.1) is 0 Å². The summed E-state index contributed by atoms with van der Waals surface area (Å²) in [5, 5.41) is 0. The average molecular weight is 181 g/mol. The normalized spacial score (nSPS) is 30.5. The Labute approximate surface area is 84.1 Å². The molecule has 2 unspecified atom stereocenters. The van der Waals surface area contributed by atoms with E-state index in [1.165, 1.54) is 32.1 Å². The summed E-state index contributed by atoms with van der Waals surface area (Å²) in [4.78, 5) is 0. The number of rotatable bonds is 3. The van der Waals surface area contributed by atoms with Gasteiger partial charge in [0, 0.05) is 0 Å². The Morgan fingerprint density at radius 3 is 2.46 bits per heavy atom. The summed E-state index contributed by atoms with van der Waals surface area (Å²) in [6, 6.07) is 0. The molecule has 77 valence electrons. The Kier molecular flexibility index (Phi) is 3.82. The van der Waals surface area contributed by atoms with Gasteiger partial charge in [-0.1, -0.05) is 40.5 Å². The Morgan fingerprint density at radius 1 is 1.31 bits per heavy atom. The molecular formula is C13H25. The molecule has 0 aromatic rings. The van der Waals surface area contributed by atoms with Crippen molar-refractivity contribution in [1.29, 1.82) is 0 Å². The molecule has 2 atom stereocenters. The largest absolute Gasteiger partial charge is 0.0654 e. The van der Waals surface area contributed by atoms with Crippen molar-refractivity contribution in [3.63, 3.8) is 0 Å². The molecule has 0 heteroatoms. The van der Waals surface area contributed by atoms with Crippen LogP contribution in [-0.4, -0.2) is 0 Å². The summed E-state index contributed by atoms with van der Waals surface area (Å²) in [7, 11) is 0. The molecule has 0 spiro atoms. The predicted molar refractivity (Wildman–Crippen MR) is 59.5 cm³/mol. The molecule has 0 amide bonds. The highest BCUT2D eigenvalue weighted by atomic mass is 14.4. The molecule has 1 fully saturated rings. The smallest absolute Gasteiger partial charge is 0.0323 e. The van der Waals surface area contributed by atoms with Crippen molar-refractivity contribution in [2.24, 2.45) is 17.3 Å². The van der Waals surface area contributed by atoms with Crippen LogP contribution in [0.25, 0.3) is 0 Å². The maximum absolute atomic E-state index is 2.59. The lowest BCUT2D eigenvalue weighted by atomic mass is 9.67. The van der Waals surface area contributed by atoms with Crippen molar-refractivity contribution in [3.8, 4) is 0 Å². The van der Waals surface area contributed by atoms with Crippen molar-refractivity contribution in [2.45, 2.75) is 59.8 Å². The lowest BCUT2D eigenvalue weighted by Gasteiger charge is -2.38. The minimum atomic E-state index is 0.550. The van der Waals surface area contributed by atoms with Crippen molar-refractivity contribution in [3.05, 3.63) is 6.42 Å². The lowest BCUT2D eigenvalue weighted by Crippen LogP contribution is -2.28. The van der Waals surface area contributed by atoms with E-state index in [0.29, 0.717) is 5.41 Å². The van der Waals surface area contributed by atoms with E-state index < -0.39 is 0 Å². The summed E-state index contributed by atoms with van der Waals surface area (Å²) < 4.78 is 0. The van der Waals surface area contributed by atoms with Crippen LogP contribution in [0.15, 0.2) is 0 Å². The topological polar surface area (TPSA) is 0 Å². The first-order valence-corrected chi connectivity index (χ1v) is 5.89. The van der Waals surface area contributed by atoms with E-state index in [-0.39, 0.29) is 0 Å². The molecule has 0 nitrogen and oxygen atoms in total. The Morgan fingerprint density at radius 2 is 2.00 bits per heavy atom. The Bertz CT molecular complexity index is 138. The predicted octanol–water partition coefficient (Wildman–Crippen LogP) is 4.45. The molecule has 1 rings (SSSR count). The van der Waals surface area contributed by atoms with Gasteiger partial charge in [-0.3, -0.25) is 0 Å². The maximum Gasteiger partial charge on any atom is -0.0323 e. The van der Waals surface area contributed by atoms with Gasteiger partial charge in [0.25, 0.3) is 0 Å². The second-order valence-electron chi connectivity index (χ2n) is 5.50. The van der Waals surface area contributed by atoms with E-state index in [1.54, 1.807) is 0 Å². The zero-order valence-corrected chi connectivity index (χ0v) is 9.77. The fraction of sp³-hybridized carbons (Fsp3) is 0.923. The Hall–Kier alpha value is 0. The van der Waals surface area contributed by atoms with Crippen LogP contribution in [0.1, 0.15) is 59.8 Å². The molecular weight excluding hydrogens is 156 g/mol. The van der Waals surface area contributed by atoms with Crippen LogP contribution in [0, 0.1) is 23.7 Å². The maximum atomic E-state index is 2.59. The third-order valence-electron chi connectivity index (χ3n) is 3.69. The van der Waals surface area contributed by atoms with Crippen LogP contribution in [0.5, 0.6) is 0 Å². The first-order valence-electron chi connectivity index (χ1n) is 5.89. The van der Waals surface area contributed by atoms with E-state index >= 15 is 0 Å². The third kappa shape index (κ3) is 3.00. The standard InChI is InChI=1S/C13H25/c1-5-10-13(3,4)12-8-6-11(2)7-9-12/h8,11-12H,5-7,9-10H2,1-4H3. The van der Waals surface area contributed by atoms with Crippen LogP contribution >= 0.6 is 0 Å². The van der Waals surface area contributed by atoms with E-state index in [9.17, 15) is 0 Å². The molecule has 0 bridgehead atoms. The van der Waals surface area contributed by atoms with Gasteiger partial charge in [0.2, 0.25) is 0 Å². The lowest BCUT2D eigenvalue weighted by molar-refractivity contribution is 0.172. The van der Waals surface area contributed by atoms with Gasteiger partial charge in [-0.15, -0.1) is 0 Å². The molecule has 1 saturated carbocycles. The number of hydrogen-bond donors (Lipinski definition) is 0. The van der Waals surface area contributed by atoms with Crippen LogP contribution in [0.3, 0.4) is 0 Å². The minimum absolute atomic E-state index is 0.550. The summed E-state index contributed by atoms with van der Waals surface area (Å²) in [5.74, 6) is 1.82. The minimum Gasteiger partial charge on any atom is -0.0654 e. The third-order valence-corrected chi connectivity index (χ3v) is 3.69. The highest BCUT2D eigenvalue weighted by Crippen LogP contribution is 2.41. The zero-order chi connectivity index (χ0) is 9.90. The van der Waals surface area contributed by atoms with Gasteiger partial charge < -0.3 is 0 Å². The van der Waals surface area contributed by atoms with Crippen LogP contribution in [-0.2, 0) is 0 Å². The molecule has 1 aliphatic rings. The first kappa shape index (κ1) is 11.1. The van der Waals surface area contributed by atoms with Crippen LogP contribution in [0.2, 0.25) is 0 Å². The summed E-state index contributed by atoms with van der Waals surface area (Å²) in [5.41, 5.74) is 0.550. The average Bonchev–Trinajstić information content (AvgIpc) is 2.05. The SMILES string of the molecule is CCCC(C)(C)C1[CH]CC(C)CC1. The molecule has 0 aromatic carbocycles. The van der Waals surface area contributed by atoms with Gasteiger partial charge in [0.15, 0.2) is 0 Å². The molecule has 0 N–H and O–H groups in total. The van der Waals surface area contributed by atoms with Crippen molar-refractivity contribution >= 4 is 0 Å². The van der Waals surface area contributed by atoms with E-state index in [1.807, 2.05) is 0 Å².